The predicted molar refractivity (Wildman–Crippen MR) is 70.8 cm³/mol. The molecule has 0 bridgehead atoms. The minimum Gasteiger partial charge on any atom is -0.349 e. The average Bonchev–Trinajstić information content (AvgIpc) is 2.73. The van der Waals surface area contributed by atoms with E-state index in [0.29, 0.717) is 6.04 Å². The molecule has 0 saturated carbocycles. The summed E-state index contributed by atoms with van der Waals surface area (Å²) >= 11 is 0. The van der Waals surface area contributed by atoms with Crippen molar-refractivity contribution >= 4 is 18.0 Å². The van der Waals surface area contributed by atoms with Gasteiger partial charge in [0.05, 0.1) is 5.56 Å². The number of hydrogen-bond acceptors (Lipinski definition) is 4. The Morgan fingerprint density at radius 2 is 2.47 bits per heavy atom. The molecule has 2 heterocycles. The van der Waals surface area contributed by atoms with Gasteiger partial charge in [0.2, 0.25) is 5.88 Å². The standard InChI is InChI=1S/C13H19N3O/c1-3-6-12-11(4-2)13(17-16-12)15-10-7-5-8-14-9-10/h3-4,6,10,14-15H,2,5,7-9H2,1H3/b6-3-. The van der Waals surface area contributed by atoms with Crippen molar-refractivity contribution in [2.45, 2.75) is 25.8 Å². The van der Waals surface area contributed by atoms with Crippen molar-refractivity contribution in [1.29, 1.82) is 0 Å². The number of rotatable bonds is 4. The van der Waals surface area contributed by atoms with Crippen LogP contribution in [-0.2, 0) is 0 Å². The van der Waals surface area contributed by atoms with E-state index in [2.05, 4.69) is 22.4 Å². The maximum Gasteiger partial charge on any atom is 0.232 e. The predicted octanol–water partition coefficient (Wildman–Crippen LogP) is 2.51. The van der Waals surface area contributed by atoms with Gasteiger partial charge in [-0.25, -0.2) is 0 Å². The van der Waals surface area contributed by atoms with Crippen LogP contribution < -0.4 is 10.6 Å². The van der Waals surface area contributed by atoms with Crippen LogP contribution in [0.15, 0.2) is 17.2 Å². The monoisotopic (exact) mass is 233 g/mol. The Kier molecular flexibility index (Phi) is 3.98. The second kappa shape index (κ2) is 5.68. The van der Waals surface area contributed by atoms with Gasteiger partial charge in [-0.2, -0.15) is 0 Å². The summed E-state index contributed by atoms with van der Waals surface area (Å²) < 4.78 is 5.33. The van der Waals surface area contributed by atoms with E-state index in [9.17, 15) is 0 Å². The van der Waals surface area contributed by atoms with Crippen LogP contribution in [0.25, 0.3) is 12.2 Å². The highest BCUT2D eigenvalue weighted by molar-refractivity contribution is 5.69. The number of nitrogens with zero attached hydrogens (tertiary/aromatic N) is 1. The summed E-state index contributed by atoms with van der Waals surface area (Å²) in [5, 5.41) is 10.8. The van der Waals surface area contributed by atoms with Gasteiger partial charge in [0, 0.05) is 12.6 Å². The summed E-state index contributed by atoms with van der Waals surface area (Å²) in [6, 6.07) is 0.411. The van der Waals surface area contributed by atoms with Crippen LogP contribution in [0.2, 0.25) is 0 Å². The van der Waals surface area contributed by atoms with E-state index < -0.39 is 0 Å². The van der Waals surface area contributed by atoms with Crippen molar-refractivity contribution in [1.82, 2.24) is 10.5 Å². The molecular weight excluding hydrogens is 214 g/mol. The molecule has 2 rings (SSSR count). The zero-order valence-electron chi connectivity index (χ0n) is 10.2. The lowest BCUT2D eigenvalue weighted by molar-refractivity contribution is 0.413. The van der Waals surface area contributed by atoms with Crippen LogP contribution in [0.4, 0.5) is 5.88 Å². The third-order valence-electron chi connectivity index (χ3n) is 2.92. The first-order valence-corrected chi connectivity index (χ1v) is 6.07. The van der Waals surface area contributed by atoms with Crippen LogP contribution in [-0.4, -0.2) is 24.3 Å². The molecule has 0 radical (unpaired) electrons. The van der Waals surface area contributed by atoms with Crippen molar-refractivity contribution in [3.63, 3.8) is 0 Å². The number of hydrogen-bond donors (Lipinski definition) is 2. The Morgan fingerprint density at radius 1 is 1.59 bits per heavy atom. The lowest BCUT2D eigenvalue weighted by atomic mass is 10.1. The molecule has 0 spiro atoms. The molecule has 1 atom stereocenters. The highest BCUT2D eigenvalue weighted by atomic mass is 16.5. The first-order chi connectivity index (χ1) is 8.35. The molecular formula is C13H19N3O. The van der Waals surface area contributed by atoms with Gasteiger partial charge in [-0.3, -0.25) is 0 Å². The van der Waals surface area contributed by atoms with Crippen LogP contribution >= 0.6 is 0 Å². The van der Waals surface area contributed by atoms with Crippen molar-refractivity contribution in [2.24, 2.45) is 0 Å². The van der Waals surface area contributed by atoms with E-state index in [-0.39, 0.29) is 0 Å². The Bertz CT molecular complexity index is 403. The van der Waals surface area contributed by atoms with Gasteiger partial charge in [0.15, 0.2) is 0 Å². The summed E-state index contributed by atoms with van der Waals surface area (Å²) in [6.07, 6.45) is 7.99. The zero-order valence-corrected chi connectivity index (χ0v) is 10.2. The third-order valence-corrected chi connectivity index (χ3v) is 2.92. The van der Waals surface area contributed by atoms with Crippen LogP contribution in [0.1, 0.15) is 31.0 Å². The van der Waals surface area contributed by atoms with E-state index in [1.807, 2.05) is 19.1 Å². The molecule has 2 N–H and O–H groups in total. The summed E-state index contributed by atoms with van der Waals surface area (Å²) in [5.74, 6) is 0.724. The summed E-state index contributed by atoms with van der Waals surface area (Å²) in [6.45, 7) is 7.84. The minimum absolute atomic E-state index is 0.411. The van der Waals surface area contributed by atoms with Crippen molar-refractivity contribution in [2.75, 3.05) is 18.4 Å². The molecule has 1 unspecified atom stereocenters. The third kappa shape index (κ3) is 2.77. The number of aromatic nitrogens is 1. The molecule has 1 aromatic rings. The highest BCUT2D eigenvalue weighted by Crippen LogP contribution is 2.23. The Hall–Kier alpha value is -1.55. The maximum absolute atomic E-state index is 5.33. The molecule has 4 nitrogen and oxygen atoms in total. The highest BCUT2D eigenvalue weighted by Gasteiger charge is 2.17. The van der Waals surface area contributed by atoms with Crippen LogP contribution in [0.5, 0.6) is 0 Å². The lowest BCUT2D eigenvalue weighted by Gasteiger charge is -2.23. The molecule has 1 aromatic heterocycles. The maximum atomic E-state index is 5.33. The van der Waals surface area contributed by atoms with Gasteiger partial charge in [-0.1, -0.05) is 23.9 Å². The fourth-order valence-corrected chi connectivity index (χ4v) is 2.05. The van der Waals surface area contributed by atoms with E-state index in [0.717, 1.165) is 36.7 Å². The second-order valence-electron chi connectivity index (χ2n) is 4.20. The first kappa shape index (κ1) is 11.9. The molecule has 92 valence electrons. The van der Waals surface area contributed by atoms with Gasteiger partial charge in [-0.05, 0) is 32.4 Å². The molecule has 0 amide bonds. The Balaban J connectivity index is 2.11. The molecule has 1 aliphatic heterocycles. The van der Waals surface area contributed by atoms with Gasteiger partial charge in [0.1, 0.15) is 5.69 Å². The molecule has 17 heavy (non-hydrogen) atoms. The average molecular weight is 233 g/mol. The summed E-state index contributed by atoms with van der Waals surface area (Å²) in [5.41, 5.74) is 1.77. The Morgan fingerprint density at radius 3 is 3.12 bits per heavy atom. The molecule has 1 saturated heterocycles. The van der Waals surface area contributed by atoms with Crippen molar-refractivity contribution in [3.8, 4) is 0 Å². The number of allylic oxidation sites excluding steroid dienone is 1. The second-order valence-corrected chi connectivity index (χ2v) is 4.20. The van der Waals surface area contributed by atoms with Crippen molar-refractivity contribution in [3.05, 3.63) is 23.9 Å². The smallest absolute Gasteiger partial charge is 0.232 e. The molecule has 1 aliphatic rings. The Labute approximate surface area is 102 Å². The topological polar surface area (TPSA) is 50.1 Å². The SMILES string of the molecule is C=Cc1c(/C=C\C)noc1NC1CCCNC1. The summed E-state index contributed by atoms with van der Waals surface area (Å²) in [4.78, 5) is 0. The number of piperidine rings is 1. The minimum atomic E-state index is 0.411. The summed E-state index contributed by atoms with van der Waals surface area (Å²) in [7, 11) is 0. The first-order valence-electron chi connectivity index (χ1n) is 6.07. The van der Waals surface area contributed by atoms with Crippen molar-refractivity contribution < 1.29 is 4.52 Å². The van der Waals surface area contributed by atoms with E-state index in [1.54, 1.807) is 6.08 Å². The molecule has 0 aromatic carbocycles. The van der Waals surface area contributed by atoms with Gasteiger partial charge < -0.3 is 15.2 Å². The van der Waals surface area contributed by atoms with E-state index in [1.165, 1.54) is 6.42 Å². The van der Waals surface area contributed by atoms with E-state index in [4.69, 9.17) is 4.52 Å². The molecule has 4 heteroatoms. The van der Waals surface area contributed by atoms with E-state index >= 15 is 0 Å². The van der Waals surface area contributed by atoms with Crippen LogP contribution in [0.3, 0.4) is 0 Å². The lowest BCUT2D eigenvalue weighted by Crippen LogP contribution is -2.38. The largest absolute Gasteiger partial charge is 0.349 e. The quantitative estimate of drug-likeness (QED) is 0.839. The number of anilines is 1. The van der Waals surface area contributed by atoms with Gasteiger partial charge in [0.25, 0.3) is 0 Å². The fourth-order valence-electron chi connectivity index (χ4n) is 2.05. The zero-order chi connectivity index (χ0) is 12.1. The van der Waals surface area contributed by atoms with Crippen LogP contribution in [0, 0.1) is 0 Å². The van der Waals surface area contributed by atoms with Gasteiger partial charge >= 0.3 is 0 Å². The van der Waals surface area contributed by atoms with Gasteiger partial charge in [-0.15, -0.1) is 0 Å². The normalized spacial score (nSPS) is 20.6. The molecule has 0 aliphatic carbocycles. The fraction of sp³-hybridized carbons (Fsp3) is 0.462. The number of nitrogens with one attached hydrogen (secondary N) is 2. The molecule has 1 fully saturated rings.